The van der Waals surface area contributed by atoms with Gasteiger partial charge in [-0.2, -0.15) is 0 Å². The van der Waals surface area contributed by atoms with Gasteiger partial charge in [0.1, 0.15) is 0 Å². The average molecular weight is 438 g/mol. The monoisotopic (exact) mass is 437 g/mol. The Bertz CT molecular complexity index is 759. The maximum absolute atomic E-state index is 13.0. The first kappa shape index (κ1) is 22.7. The van der Waals surface area contributed by atoms with E-state index in [1.165, 1.54) is 0 Å². The number of rotatable bonds is 9. The Morgan fingerprint density at radius 2 is 1.90 bits per heavy atom. The molecule has 0 aromatic heterocycles. The van der Waals surface area contributed by atoms with E-state index in [2.05, 4.69) is 24.1 Å². The predicted octanol–water partition coefficient (Wildman–Crippen LogP) is 2.81. The van der Waals surface area contributed by atoms with Crippen LogP contribution in [-0.4, -0.2) is 74.1 Å². The fourth-order valence-electron chi connectivity index (χ4n) is 3.38. The van der Waals surface area contributed by atoms with E-state index < -0.39 is 0 Å². The van der Waals surface area contributed by atoms with Crippen LogP contribution in [0.3, 0.4) is 0 Å². The molecule has 1 saturated carbocycles. The summed E-state index contributed by atoms with van der Waals surface area (Å²) in [5.41, 5.74) is 0.480. The molecule has 1 heterocycles. The van der Waals surface area contributed by atoms with Gasteiger partial charge in [0, 0.05) is 37.8 Å². The molecule has 1 aromatic rings. The summed E-state index contributed by atoms with van der Waals surface area (Å²) < 4.78 is 11.2. The summed E-state index contributed by atoms with van der Waals surface area (Å²) in [6.07, 6.45) is 3.08. The van der Waals surface area contributed by atoms with Gasteiger partial charge >= 0.3 is 0 Å². The summed E-state index contributed by atoms with van der Waals surface area (Å²) in [5.74, 6) is 1.44. The molecule has 0 bridgehead atoms. The smallest absolute Gasteiger partial charge is 0.254 e. The van der Waals surface area contributed by atoms with Crippen molar-refractivity contribution >= 4 is 23.4 Å². The number of carbonyl (C=O) groups excluding carboxylic acids is 2. The summed E-state index contributed by atoms with van der Waals surface area (Å²) in [6, 6.07) is 3.71. The third-order valence-electron chi connectivity index (χ3n) is 5.39. The number of benzene rings is 1. The van der Waals surface area contributed by atoms with Gasteiger partial charge in [-0.05, 0) is 37.3 Å². The topological polar surface area (TPSA) is 71.1 Å². The van der Waals surface area contributed by atoms with Gasteiger partial charge in [0.25, 0.3) is 5.91 Å². The number of methoxy groups -OCH3 is 1. The zero-order chi connectivity index (χ0) is 21.7. The quantitative estimate of drug-likeness (QED) is 0.643. The van der Waals surface area contributed by atoms with E-state index in [9.17, 15) is 9.59 Å². The van der Waals surface area contributed by atoms with Crippen molar-refractivity contribution in [2.24, 2.45) is 5.92 Å². The number of carbonyl (C=O) groups is 2. The Morgan fingerprint density at radius 1 is 1.20 bits per heavy atom. The number of amides is 2. The third kappa shape index (κ3) is 6.25. The number of piperazine rings is 1. The Labute approximate surface area is 183 Å². The Balaban J connectivity index is 1.56. The highest BCUT2D eigenvalue weighted by Gasteiger charge is 2.27. The van der Waals surface area contributed by atoms with Crippen LogP contribution in [0.5, 0.6) is 11.5 Å². The van der Waals surface area contributed by atoms with Crippen molar-refractivity contribution in [3.63, 3.8) is 0 Å². The fourth-order valence-corrected chi connectivity index (χ4v) is 3.64. The Kier molecular flexibility index (Phi) is 7.83. The lowest BCUT2D eigenvalue weighted by Crippen LogP contribution is -2.51. The molecule has 1 aliphatic heterocycles. The average Bonchev–Trinajstić information content (AvgIpc) is 3.52. The molecule has 7 nitrogen and oxygen atoms in total. The molecule has 166 valence electrons. The minimum Gasteiger partial charge on any atom is -0.493 e. The molecule has 0 unspecified atom stereocenters. The molecular formula is C22H32ClN3O4. The number of halogens is 1. The molecule has 0 spiro atoms. The van der Waals surface area contributed by atoms with Crippen LogP contribution in [0.4, 0.5) is 0 Å². The van der Waals surface area contributed by atoms with Crippen LogP contribution >= 0.6 is 11.6 Å². The number of hydrogen-bond acceptors (Lipinski definition) is 5. The van der Waals surface area contributed by atoms with E-state index >= 15 is 0 Å². The first-order valence-corrected chi connectivity index (χ1v) is 11.1. The highest BCUT2D eigenvalue weighted by molar-refractivity contribution is 6.32. The van der Waals surface area contributed by atoms with Crippen molar-refractivity contribution in [3.8, 4) is 11.5 Å². The number of ether oxygens (including phenoxy) is 2. The molecule has 1 aromatic carbocycles. The van der Waals surface area contributed by atoms with Crippen LogP contribution in [-0.2, 0) is 4.79 Å². The molecule has 1 N–H and O–H groups in total. The number of hydrogen-bond donors (Lipinski definition) is 1. The lowest BCUT2D eigenvalue weighted by molar-refractivity contribution is -0.122. The largest absolute Gasteiger partial charge is 0.493 e. The SMILES string of the molecule is COc1cc(C(=O)N2CCN(CC(=O)NC3CC3)CC2)cc(Cl)c1OCCC(C)C. The van der Waals surface area contributed by atoms with Crippen LogP contribution in [0.1, 0.15) is 43.5 Å². The fraction of sp³-hybridized carbons (Fsp3) is 0.636. The van der Waals surface area contributed by atoms with Crippen molar-refractivity contribution in [1.82, 2.24) is 15.1 Å². The molecule has 2 fully saturated rings. The third-order valence-corrected chi connectivity index (χ3v) is 5.67. The second-order valence-corrected chi connectivity index (χ2v) is 8.84. The van der Waals surface area contributed by atoms with Crippen LogP contribution < -0.4 is 14.8 Å². The number of nitrogens with one attached hydrogen (secondary N) is 1. The summed E-state index contributed by atoms with van der Waals surface area (Å²) in [7, 11) is 1.54. The molecule has 2 amide bonds. The van der Waals surface area contributed by atoms with Gasteiger partial charge in [0.15, 0.2) is 11.5 Å². The van der Waals surface area contributed by atoms with E-state index in [4.69, 9.17) is 21.1 Å². The maximum atomic E-state index is 13.0. The lowest BCUT2D eigenvalue weighted by Gasteiger charge is -2.34. The van der Waals surface area contributed by atoms with E-state index in [-0.39, 0.29) is 11.8 Å². The molecule has 8 heteroatoms. The highest BCUT2D eigenvalue weighted by atomic mass is 35.5. The van der Waals surface area contributed by atoms with Crippen molar-refractivity contribution in [2.45, 2.75) is 39.2 Å². The van der Waals surface area contributed by atoms with Crippen LogP contribution in [0.2, 0.25) is 5.02 Å². The van der Waals surface area contributed by atoms with Gasteiger partial charge < -0.3 is 19.7 Å². The predicted molar refractivity (Wildman–Crippen MR) is 116 cm³/mol. The lowest BCUT2D eigenvalue weighted by atomic mass is 10.1. The van der Waals surface area contributed by atoms with Crippen molar-refractivity contribution < 1.29 is 19.1 Å². The molecule has 0 radical (unpaired) electrons. The summed E-state index contributed by atoms with van der Waals surface area (Å²) in [5, 5.41) is 3.38. The van der Waals surface area contributed by atoms with Gasteiger partial charge in [-0.15, -0.1) is 0 Å². The second-order valence-electron chi connectivity index (χ2n) is 8.43. The zero-order valence-corrected chi connectivity index (χ0v) is 18.8. The Morgan fingerprint density at radius 3 is 2.50 bits per heavy atom. The molecule has 1 saturated heterocycles. The summed E-state index contributed by atoms with van der Waals surface area (Å²) in [4.78, 5) is 28.8. The van der Waals surface area contributed by atoms with Crippen LogP contribution in [0.15, 0.2) is 12.1 Å². The van der Waals surface area contributed by atoms with Crippen molar-refractivity contribution in [2.75, 3.05) is 46.4 Å². The molecule has 1 aliphatic carbocycles. The molecule has 0 atom stereocenters. The van der Waals surface area contributed by atoms with Gasteiger partial charge in [0.2, 0.25) is 5.91 Å². The molecule has 2 aliphatic rings. The number of nitrogens with zero attached hydrogens (tertiary/aromatic N) is 2. The van der Waals surface area contributed by atoms with E-state index in [1.807, 2.05) is 0 Å². The van der Waals surface area contributed by atoms with E-state index in [1.54, 1.807) is 24.1 Å². The van der Waals surface area contributed by atoms with Gasteiger partial charge in [-0.3, -0.25) is 14.5 Å². The molecule has 30 heavy (non-hydrogen) atoms. The normalized spacial score (nSPS) is 17.2. The van der Waals surface area contributed by atoms with Gasteiger partial charge in [-0.1, -0.05) is 25.4 Å². The van der Waals surface area contributed by atoms with Gasteiger partial charge in [0.05, 0.1) is 25.3 Å². The standard InChI is InChI=1S/C22H32ClN3O4/c1-15(2)6-11-30-21-18(23)12-16(13-19(21)29-3)22(28)26-9-7-25(8-10-26)14-20(27)24-17-4-5-17/h12-13,15,17H,4-11,14H2,1-3H3,(H,24,27). The van der Waals surface area contributed by atoms with E-state index in [0.717, 1.165) is 19.3 Å². The zero-order valence-electron chi connectivity index (χ0n) is 18.1. The first-order valence-electron chi connectivity index (χ1n) is 10.7. The highest BCUT2D eigenvalue weighted by Crippen LogP contribution is 2.37. The molecule has 3 rings (SSSR count). The first-order chi connectivity index (χ1) is 14.4. The van der Waals surface area contributed by atoms with E-state index in [0.29, 0.717) is 73.4 Å². The van der Waals surface area contributed by atoms with Crippen molar-refractivity contribution in [1.29, 1.82) is 0 Å². The maximum Gasteiger partial charge on any atom is 0.254 e. The summed E-state index contributed by atoms with van der Waals surface area (Å²) >= 11 is 6.41. The minimum atomic E-state index is -0.0917. The van der Waals surface area contributed by atoms with Crippen molar-refractivity contribution in [3.05, 3.63) is 22.7 Å². The van der Waals surface area contributed by atoms with Crippen LogP contribution in [0, 0.1) is 5.92 Å². The van der Waals surface area contributed by atoms with Crippen LogP contribution in [0.25, 0.3) is 0 Å². The second kappa shape index (κ2) is 10.4. The minimum absolute atomic E-state index is 0.0712. The van der Waals surface area contributed by atoms with Gasteiger partial charge in [-0.25, -0.2) is 0 Å². The molecular weight excluding hydrogens is 406 g/mol. The Hall–Kier alpha value is -1.99. The summed E-state index contributed by atoms with van der Waals surface area (Å²) in [6.45, 7) is 7.67.